The predicted octanol–water partition coefficient (Wildman–Crippen LogP) is 3.29. The summed E-state index contributed by atoms with van der Waals surface area (Å²) in [6.45, 7) is 0. The summed E-state index contributed by atoms with van der Waals surface area (Å²) >= 11 is 3.52. The number of hydrogen-bond donors (Lipinski definition) is 3. The second-order valence-electron chi connectivity index (χ2n) is 6.41. The van der Waals surface area contributed by atoms with Gasteiger partial charge in [-0.2, -0.15) is 4.52 Å². The largest absolute Gasteiger partial charge is 0.364 e. The van der Waals surface area contributed by atoms with Gasteiger partial charge >= 0.3 is 0 Å². The zero-order valence-corrected chi connectivity index (χ0v) is 16.8. The molecule has 0 atom stereocenters. The highest BCUT2D eigenvalue weighted by molar-refractivity contribution is 9.10. The van der Waals surface area contributed by atoms with Crippen LogP contribution in [0.4, 0.5) is 10.3 Å². The molecule has 0 saturated carbocycles. The third-order valence-electron chi connectivity index (χ3n) is 4.47. The SMILES string of the molecule is O=C1NC=CNC=C1Nc1nc2c(Br)cccc2c2nc(-c3ccc(F)cc3)nn12. The number of benzene rings is 2. The molecule has 0 fully saturated rings. The van der Waals surface area contributed by atoms with E-state index in [4.69, 9.17) is 0 Å². The summed E-state index contributed by atoms with van der Waals surface area (Å²) < 4.78 is 15.6. The van der Waals surface area contributed by atoms with Gasteiger partial charge in [-0.1, -0.05) is 6.07 Å². The van der Waals surface area contributed by atoms with E-state index in [0.29, 0.717) is 28.5 Å². The van der Waals surface area contributed by atoms with Crippen LogP contribution in [0.5, 0.6) is 0 Å². The quantitative estimate of drug-likeness (QED) is 0.429. The number of nitrogens with one attached hydrogen (secondary N) is 3. The monoisotopic (exact) mass is 465 g/mol. The van der Waals surface area contributed by atoms with Gasteiger partial charge in [0.25, 0.3) is 5.91 Å². The highest BCUT2D eigenvalue weighted by Gasteiger charge is 2.19. The average molecular weight is 466 g/mol. The minimum absolute atomic E-state index is 0.249. The summed E-state index contributed by atoms with van der Waals surface area (Å²) in [4.78, 5) is 21.6. The number of carbonyl (C=O) groups excluding carboxylic acids is 1. The molecule has 3 N–H and O–H groups in total. The first-order valence-electron chi connectivity index (χ1n) is 8.90. The smallest absolute Gasteiger partial charge is 0.273 e. The van der Waals surface area contributed by atoms with Gasteiger partial charge in [-0.05, 0) is 52.3 Å². The minimum atomic E-state index is -0.340. The van der Waals surface area contributed by atoms with Crippen molar-refractivity contribution >= 4 is 44.3 Å². The Kier molecular flexibility index (Phi) is 4.40. The number of hydrogen-bond acceptors (Lipinski definition) is 6. The van der Waals surface area contributed by atoms with E-state index in [1.165, 1.54) is 29.0 Å². The topological polar surface area (TPSA) is 96.2 Å². The number of para-hydroxylation sites is 1. The Morgan fingerprint density at radius 3 is 2.73 bits per heavy atom. The highest BCUT2D eigenvalue weighted by atomic mass is 79.9. The molecule has 0 saturated heterocycles. The van der Waals surface area contributed by atoms with Gasteiger partial charge in [0.2, 0.25) is 5.95 Å². The lowest BCUT2D eigenvalue weighted by molar-refractivity contribution is -0.116. The Morgan fingerprint density at radius 2 is 1.90 bits per heavy atom. The van der Waals surface area contributed by atoms with Crippen LogP contribution >= 0.6 is 15.9 Å². The van der Waals surface area contributed by atoms with Crippen molar-refractivity contribution in [2.75, 3.05) is 5.32 Å². The summed E-state index contributed by atoms with van der Waals surface area (Å²) in [5.41, 5.74) is 2.11. The Balaban J connectivity index is 1.72. The van der Waals surface area contributed by atoms with Crippen molar-refractivity contribution in [1.82, 2.24) is 30.2 Å². The molecule has 148 valence electrons. The number of fused-ring (bicyclic) bond motifs is 3. The maximum atomic E-state index is 13.3. The number of rotatable bonds is 3. The molecule has 0 radical (unpaired) electrons. The highest BCUT2D eigenvalue weighted by Crippen LogP contribution is 2.29. The number of halogens is 2. The summed E-state index contributed by atoms with van der Waals surface area (Å²) in [6.07, 6.45) is 4.61. The molecule has 10 heteroatoms. The lowest BCUT2D eigenvalue weighted by Gasteiger charge is -2.11. The van der Waals surface area contributed by atoms with Gasteiger partial charge in [0, 0.05) is 34.0 Å². The predicted molar refractivity (Wildman–Crippen MR) is 114 cm³/mol. The number of anilines is 1. The maximum absolute atomic E-state index is 13.3. The summed E-state index contributed by atoms with van der Waals surface area (Å²) in [7, 11) is 0. The van der Waals surface area contributed by atoms with E-state index in [1.54, 1.807) is 18.3 Å². The lowest BCUT2D eigenvalue weighted by atomic mass is 10.2. The van der Waals surface area contributed by atoms with Crippen LogP contribution in [-0.4, -0.2) is 25.5 Å². The van der Waals surface area contributed by atoms with Crippen molar-refractivity contribution in [3.63, 3.8) is 0 Å². The molecule has 3 heterocycles. The van der Waals surface area contributed by atoms with E-state index in [0.717, 1.165) is 9.86 Å². The van der Waals surface area contributed by atoms with Gasteiger partial charge in [0.15, 0.2) is 11.5 Å². The molecule has 4 aromatic rings. The van der Waals surface area contributed by atoms with Gasteiger partial charge < -0.3 is 16.0 Å². The van der Waals surface area contributed by atoms with Crippen molar-refractivity contribution in [2.45, 2.75) is 0 Å². The molecular weight excluding hydrogens is 453 g/mol. The van der Waals surface area contributed by atoms with Crippen LogP contribution in [0.1, 0.15) is 0 Å². The Morgan fingerprint density at radius 1 is 1.07 bits per heavy atom. The molecule has 1 aliphatic heterocycles. The van der Waals surface area contributed by atoms with E-state index in [9.17, 15) is 9.18 Å². The maximum Gasteiger partial charge on any atom is 0.273 e. The minimum Gasteiger partial charge on any atom is -0.364 e. The lowest BCUT2D eigenvalue weighted by Crippen LogP contribution is -2.24. The fraction of sp³-hybridized carbons (Fsp3) is 0. The van der Waals surface area contributed by atoms with E-state index in [1.807, 2.05) is 18.2 Å². The number of carbonyl (C=O) groups is 1. The van der Waals surface area contributed by atoms with Crippen molar-refractivity contribution < 1.29 is 9.18 Å². The zero-order valence-electron chi connectivity index (χ0n) is 15.2. The van der Waals surface area contributed by atoms with E-state index >= 15 is 0 Å². The molecule has 0 unspecified atom stereocenters. The number of aromatic nitrogens is 4. The summed E-state index contributed by atoms with van der Waals surface area (Å²) in [5, 5.41) is 13.8. The summed E-state index contributed by atoms with van der Waals surface area (Å²) in [6, 6.07) is 11.6. The van der Waals surface area contributed by atoms with Crippen LogP contribution in [0.3, 0.4) is 0 Å². The second kappa shape index (κ2) is 7.23. The second-order valence-corrected chi connectivity index (χ2v) is 7.26. The van der Waals surface area contributed by atoms with Gasteiger partial charge in [-0.3, -0.25) is 4.79 Å². The molecule has 1 amide bonds. The third kappa shape index (κ3) is 3.16. The molecule has 2 aromatic carbocycles. The van der Waals surface area contributed by atoms with Crippen LogP contribution in [0, 0.1) is 5.82 Å². The first-order chi connectivity index (χ1) is 14.6. The van der Waals surface area contributed by atoms with Gasteiger partial charge in [-0.25, -0.2) is 14.4 Å². The van der Waals surface area contributed by atoms with E-state index in [-0.39, 0.29) is 17.4 Å². The van der Waals surface area contributed by atoms with Crippen LogP contribution in [0.2, 0.25) is 0 Å². The Labute approximate surface area is 177 Å². The average Bonchev–Trinajstić information content (AvgIpc) is 3.10. The first kappa shape index (κ1) is 18.3. The molecule has 2 aromatic heterocycles. The van der Waals surface area contributed by atoms with Crippen LogP contribution < -0.4 is 16.0 Å². The summed E-state index contributed by atoms with van der Waals surface area (Å²) in [5.74, 6) is 0.0346. The molecule has 0 aliphatic carbocycles. The number of nitrogens with zero attached hydrogens (tertiary/aromatic N) is 4. The zero-order chi connectivity index (χ0) is 20.7. The van der Waals surface area contributed by atoms with Crippen molar-refractivity contribution in [2.24, 2.45) is 0 Å². The number of amides is 1. The molecule has 0 bridgehead atoms. The van der Waals surface area contributed by atoms with E-state index in [2.05, 4.69) is 46.9 Å². The van der Waals surface area contributed by atoms with Crippen molar-refractivity contribution in [3.8, 4) is 11.4 Å². The fourth-order valence-corrected chi connectivity index (χ4v) is 3.51. The van der Waals surface area contributed by atoms with Gasteiger partial charge in [-0.15, -0.1) is 5.10 Å². The van der Waals surface area contributed by atoms with E-state index < -0.39 is 0 Å². The molecule has 30 heavy (non-hydrogen) atoms. The molecule has 1 aliphatic rings. The fourth-order valence-electron chi connectivity index (χ4n) is 3.05. The standard InChI is InChI=1S/C20H13BrFN7O/c21-14-3-1-2-13-16(14)26-20(25-15-10-23-8-9-24-19(15)30)29-18(13)27-17(28-29)11-4-6-12(22)7-5-11/h1-10,23H,(H,24,30)(H,25,26). The van der Waals surface area contributed by atoms with Crippen LogP contribution in [0.15, 0.2) is 71.2 Å². The first-order valence-corrected chi connectivity index (χ1v) is 9.69. The van der Waals surface area contributed by atoms with Gasteiger partial charge in [0.05, 0.1) is 5.52 Å². The molecular formula is C20H13BrFN7O. The van der Waals surface area contributed by atoms with Crippen molar-refractivity contribution in [3.05, 3.63) is 77.1 Å². The van der Waals surface area contributed by atoms with Crippen LogP contribution in [-0.2, 0) is 4.79 Å². The molecule has 5 rings (SSSR count). The Hall–Kier alpha value is -3.79. The van der Waals surface area contributed by atoms with Crippen molar-refractivity contribution in [1.29, 1.82) is 0 Å². The normalized spacial score (nSPS) is 13.7. The van der Waals surface area contributed by atoms with Crippen LogP contribution in [0.25, 0.3) is 27.9 Å². The van der Waals surface area contributed by atoms with Gasteiger partial charge in [0.1, 0.15) is 11.5 Å². The third-order valence-corrected chi connectivity index (χ3v) is 5.11. The molecule has 0 spiro atoms. The Bertz CT molecular complexity index is 1360. The molecule has 8 nitrogen and oxygen atoms in total.